The molecule has 1 aliphatic heterocycles. The van der Waals surface area contributed by atoms with Crippen molar-refractivity contribution in [1.82, 2.24) is 20.4 Å². The van der Waals surface area contributed by atoms with Gasteiger partial charge in [-0.1, -0.05) is 5.21 Å². The van der Waals surface area contributed by atoms with Crippen LogP contribution in [0.3, 0.4) is 0 Å². The third-order valence-corrected chi connectivity index (χ3v) is 4.66. The zero-order chi connectivity index (χ0) is 10.8. The van der Waals surface area contributed by atoms with Gasteiger partial charge in [-0.2, -0.15) is 11.8 Å². The first-order valence-corrected chi connectivity index (χ1v) is 6.71. The lowest BCUT2D eigenvalue weighted by Crippen LogP contribution is -2.35. The standard InChI is InChI=1S/C8H14BrN5S/c1-14-7(8(9)12-13-14)6(11-10)5-3-2-4-15-5/h5-6,11H,2-4,10H2,1H3. The fraction of sp³-hybridized carbons (Fsp3) is 0.750. The number of rotatable bonds is 3. The molecule has 2 atom stereocenters. The van der Waals surface area contributed by atoms with Crippen molar-refractivity contribution in [2.45, 2.75) is 24.1 Å². The van der Waals surface area contributed by atoms with Crippen molar-refractivity contribution in [3.8, 4) is 0 Å². The van der Waals surface area contributed by atoms with E-state index in [1.165, 1.54) is 18.6 Å². The Morgan fingerprint density at radius 3 is 3.00 bits per heavy atom. The minimum Gasteiger partial charge on any atom is -0.271 e. The van der Waals surface area contributed by atoms with Gasteiger partial charge < -0.3 is 0 Å². The average Bonchev–Trinajstić information content (AvgIpc) is 2.83. The minimum atomic E-state index is 0.117. The Kier molecular flexibility index (Phi) is 3.65. The molecular weight excluding hydrogens is 278 g/mol. The van der Waals surface area contributed by atoms with Gasteiger partial charge in [-0.15, -0.1) is 5.10 Å². The van der Waals surface area contributed by atoms with Crippen molar-refractivity contribution in [1.29, 1.82) is 0 Å². The monoisotopic (exact) mass is 291 g/mol. The lowest BCUT2D eigenvalue weighted by atomic mass is 10.1. The van der Waals surface area contributed by atoms with Gasteiger partial charge in [-0.05, 0) is 34.5 Å². The molecule has 2 rings (SSSR count). The topological polar surface area (TPSA) is 68.8 Å². The fourth-order valence-corrected chi connectivity index (χ4v) is 3.84. The predicted molar refractivity (Wildman–Crippen MR) is 64.2 cm³/mol. The highest BCUT2D eigenvalue weighted by Gasteiger charge is 2.30. The van der Waals surface area contributed by atoms with E-state index >= 15 is 0 Å². The quantitative estimate of drug-likeness (QED) is 0.642. The van der Waals surface area contributed by atoms with Gasteiger partial charge in [0.25, 0.3) is 0 Å². The van der Waals surface area contributed by atoms with Crippen LogP contribution in [-0.4, -0.2) is 26.0 Å². The number of aromatic nitrogens is 3. The summed E-state index contributed by atoms with van der Waals surface area (Å²) >= 11 is 5.36. The molecule has 5 nitrogen and oxygen atoms in total. The maximum atomic E-state index is 5.63. The van der Waals surface area contributed by atoms with Crippen molar-refractivity contribution >= 4 is 27.7 Å². The molecule has 1 aromatic rings. The highest BCUT2D eigenvalue weighted by atomic mass is 79.9. The molecule has 1 fully saturated rings. The number of nitrogens with zero attached hydrogens (tertiary/aromatic N) is 3. The molecule has 0 spiro atoms. The Bertz CT molecular complexity index is 316. The zero-order valence-electron chi connectivity index (χ0n) is 8.48. The number of nitrogens with one attached hydrogen (secondary N) is 1. The fourth-order valence-electron chi connectivity index (χ4n) is 1.90. The lowest BCUT2D eigenvalue weighted by molar-refractivity contribution is 0.482. The molecule has 3 N–H and O–H groups in total. The van der Waals surface area contributed by atoms with Crippen molar-refractivity contribution < 1.29 is 0 Å². The van der Waals surface area contributed by atoms with Crippen LogP contribution >= 0.6 is 27.7 Å². The molecule has 0 aliphatic carbocycles. The molecule has 0 amide bonds. The van der Waals surface area contributed by atoms with Gasteiger partial charge in [0.1, 0.15) is 0 Å². The van der Waals surface area contributed by atoms with E-state index in [1.807, 2.05) is 18.8 Å². The van der Waals surface area contributed by atoms with Crippen molar-refractivity contribution in [2.75, 3.05) is 5.75 Å². The van der Waals surface area contributed by atoms with Gasteiger partial charge in [0.05, 0.1) is 11.7 Å². The van der Waals surface area contributed by atoms with Gasteiger partial charge in [-0.25, -0.2) is 4.68 Å². The molecule has 0 bridgehead atoms. The number of thioether (sulfide) groups is 1. The summed E-state index contributed by atoms with van der Waals surface area (Å²) in [7, 11) is 1.89. The van der Waals surface area contributed by atoms with Crippen LogP contribution in [0.15, 0.2) is 4.60 Å². The van der Waals surface area contributed by atoms with E-state index in [0.29, 0.717) is 5.25 Å². The van der Waals surface area contributed by atoms with E-state index in [2.05, 4.69) is 31.7 Å². The third-order valence-electron chi connectivity index (χ3n) is 2.64. The summed E-state index contributed by atoms with van der Waals surface area (Å²) in [5.41, 5.74) is 3.90. The average molecular weight is 292 g/mol. The number of nitrogens with two attached hydrogens (primary N) is 1. The van der Waals surface area contributed by atoms with E-state index in [-0.39, 0.29) is 6.04 Å². The molecule has 0 aromatic carbocycles. The number of hydrogen-bond acceptors (Lipinski definition) is 5. The first-order valence-electron chi connectivity index (χ1n) is 4.87. The van der Waals surface area contributed by atoms with E-state index in [1.54, 1.807) is 4.68 Å². The van der Waals surface area contributed by atoms with Crippen LogP contribution in [0.25, 0.3) is 0 Å². The summed E-state index contributed by atoms with van der Waals surface area (Å²) in [6, 6.07) is 0.117. The number of hydrogen-bond donors (Lipinski definition) is 2. The Hall–Kier alpha value is -0.110. The Morgan fingerprint density at radius 2 is 2.53 bits per heavy atom. The highest BCUT2D eigenvalue weighted by molar-refractivity contribution is 9.10. The van der Waals surface area contributed by atoms with E-state index < -0.39 is 0 Å². The summed E-state index contributed by atoms with van der Waals surface area (Å²) in [6.45, 7) is 0. The second kappa shape index (κ2) is 4.82. The minimum absolute atomic E-state index is 0.117. The number of halogens is 1. The molecule has 84 valence electrons. The summed E-state index contributed by atoms with van der Waals surface area (Å²) in [6.07, 6.45) is 2.45. The molecule has 0 saturated carbocycles. The molecule has 7 heteroatoms. The second-order valence-corrected chi connectivity index (χ2v) is 5.68. The first-order chi connectivity index (χ1) is 7.24. The molecule has 1 aliphatic rings. The summed E-state index contributed by atoms with van der Waals surface area (Å²) in [5.74, 6) is 6.84. The van der Waals surface area contributed by atoms with Crippen LogP contribution in [0.4, 0.5) is 0 Å². The maximum Gasteiger partial charge on any atom is 0.153 e. The molecule has 2 unspecified atom stereocenters. The van der Waals surface area contributed by atoms with Crippen LogP contribution in [0.5, 0.6) is 0 Å². The number of aryl methyl sites for hydroxylation is 1. The first kappa shape index (κ1) is 11.4. The van der Waals surface area contributed by atoms with Crippen LogP contribution in [0, 0.1) is 0 Å². The molecule has 2 heterocycles. The van der Waals surface area contributed by atoms with Gasteiger partial charge >= 0.3 is 0 Å². The maximum absolute atomic E-state index is 5.63. The smallest absolute Gasteiger partial charge is 0.153 e. The largest absolute Gasteiger partial charge is 0.271 e. The Labute approximate surface area is 101 Å². The SMILES string of the molecule is Cn1nnc(Br)c1C(NN)C1CCCS1. The normalized spacial score (nSPS) is 23.3. The summed E-state index contributed by atoms with van der Waals surface area (Å²) in [4.78, 5) is 0. The summed E-state index contributed by atoms with van der Waals surface area (Å²) < 4.78 is 2.55. The number of hydrazine groups is 1. The van der Waals surface area contributed by atoms with Crippen molar-refractivity contribution in [3.63, 3.8) is 0 Å². The van der Waals surface area contributed by atoms with Crippen LogP contribution in [0.1, 0.15) is 24.6 Å². The van der Waals surface area contributed by atoms with Crippen molar-refractivity contribution in [3.05, 3.63) is 10.3 Å². The van der Waals surface area contributed by atoms with Crippen molar-refractivity contribution in [2.24, 2.45) is 12.9 Å². The lowest BCUT2D eigenvalue weighted by Gasteiger charge is -2.21. The van der Waals surface area contributed by atoms with Crippen LogP contribution in [-0.2, 0) is 7.05 Å². The van der Waals surface area contributed by atoms with E-state index in [0.717, 1.165) is 10.3 Å². The van der Waals surface area contributed by atoms with Gasteiger partial charge in [0, 0.05) is 12.3 Å². The van der Waals surface area contributed by atoms with Crippen LogP contribution in [0.2, 0.25) is 0 Å². The Balaban J connectivity index is 2.25. The zero-order valence-corrected chi connectivity index (χ0v) is 10.9. The summed E-state index contributed by atoms with van der Waals surface area (Å²) in [5, 5.41) is 8.47. The highest BCUT2D eigenvalue weighted by Crippen LogP contribution is 2.36. The van der Waals surface area contributed by atoms with Crippen LogP contribution < -0.4 is 11.3 Å². The molecule has 15 heavy (non-hydrogen) atoms. The van der Waals surface area contributed by atoms with E-state index in [4.69, 9.17) is 5.84 Å². The molecular formula is C8H14BrN5S. The molecule has 1 aromatic heterocycles. The Morgan fingerprint density at radius 1 is 1.73 bits per heavy atom. The molecule has 0 radical (unpaired) electrons. The van der Waals surface area contributed by atoms with Gasteiger partial charge in [0.2, 0.25) is 0 Å². The second-order valence-electron chi connectivity index (χ2n) is 3.58. The third kappa shape index (κ3) is 2.20. The van der Waals surface area contributed by atoms with E-state index in [9.17, 15) is 0 Å². The van der Waals surface area contributed by atoms with Gasteiger partial charge in [0.15, 0.2) is 4.60 Å². The van der Waals surface area contributed by atoms with Gasteiger partial charge in [-0.3, -0.25) is 11.3 Å². The predicted octanol–water partition coefficient (Wildman–Crippen LogP) is 0.978. The molecule has 1 saturated heterocycles.